The Morgan fingerprint density at radius 2 is 2.00 bits per heavy atom. The molecule has 2 aliphatic rings. The zero-order valence-corrected chi connectivity index (χ0v) is 13.7. The predicted molar refractivity (Wildman–Crippen MR) is 83.5 cm³/mol. The number of aliphatic hydroxyl groups is 1. The first-order valence-electron chi connectivity index (χ1n) is 8.51. The van der Waals surface area contributed by atoms with Crippen molar-refractivity contribution in [3.8, 4) is 0 Å². The molecule has 1 atom stereocenters. The average molecular weight is 308 g/mol. The lowest BCUT2D eigenvalue weighted by atomic mass is 9.96. The quantitative estimate of drug-likeness (QED) is 0.823. The number of nitrogens with zero attached hydrogens (tertiary/aromatic N) is 4. The second kappa shape index (κ2) is 7.06. The zero-order valence-electron chi connectivity index (χ0n) is 13.7. The Kier molecular flexibility index (Phi) is 5.10. The van der Waals surface area contributed by atoms with Crippen molar-refractivity contribution in [2.75, 3.05) is 33.2 Å². The molecule has 0 aromatic carbocycles. The highest BCUT2D eigenvalue weighted by Crippen LogP contribution is 2.39. The molecule has 3 rings (SSSR count). The number of aromatic nitrogens is 2. The minimum atomic E-state index is -0.225. The van der Waals surface area contributed by atoms with E-state index >= 15 is 0 Å². The number of hydrogen-bond donors (Lipinski definition) is 1. The monoisotopic (exact) mass is 308 g/mol. The molecule has 1 saturated heterocycles. The van der Waals surface area contributed by atoms with Gasteiger partial charge in [0.2, 0.25) is 11.8 Å². The number of rotatable bonds is 7. The number of aliphatic hydroxyl groups excluding tert-OH is 1. The molecule has 1 aromatic heterocycles. The fourth-order valence-electron chi connectivity index (χ4n) is 3.29. The van der Waals surface area contributed by atoms with Gasteiger partial charge in [-0.05, 0) is 58.7 Å². The molecule has 0 spiro atoms. The first-order chi connectivity index (χ1) is 10.6. The second-order valence-electron chi connectivity index (χ2n) is 7.10. The summed E-state index contributed by atoms with van der Waals surface area (Å²) in [7, 11) is 2.13. The molecule has 0 radical (unpaired) electrons. The molecule has 2 fully saturated rings. The molecule has 1 N–H and O–H groups in total. The Hall–Kier alpha value is -0.980. The first-order valence-corrected chi connectivity index (χ1v) is 8.51. The van der Waals surface area contributed by atoms with E-state index in [2.05, 4.69) is 27.0 Å². The second-order valence-corrected chi connectivity index (χ2v) is 7.10. The van der Waals surface area contributed by atoms with E-state index in [4.69, 9.17) is 4.42 Å². The van der Waals surface area contributed by atoms with Gasteiger partial charge in [-0.25, -0.2) is 0 Å². The summed E-state index contributed by atoms with van der Waals surface area (Å²) in [6.45, 7) is 6.66. The van der Waals surface area contributed by atoms with Crippen LogP contribution in [-0.2, 0) is 6.54 Å². The van der Waals surface area contributed by atoms with E-state index in [0.29, 0.717) is 5.92 Å². The average Bonchev–Trinajstić information content (AvgIpc) is 3.21. The molecule has 124 valence electrons. The van der Waals surface area contributed by atoms with E-state index in [0.717, 1.165) is 50.4 Å². The summed E-state index contributed by atoms with van der Waals surface area (Å²) in [5.41, 5.74) is 0. The van der Waals surface area contributed by atoms with Crippen LogP contribution in [0.4, 0.5) is 0 Å². The molecule has 1 saturated carbocycles. The van der Waals surface area contributed by atoms with Crippen molar-refractivity contribution in [1.29, 1.82) is 0 Å². The van der Waals surface area contributed by atoms with Gasteiger partial charge in [-0.15, -0.1) is 10.2 Å². The van der Waals surface area contributed by atoms with E-state index in [1.807, 2.05) is 6.92 Å². The SMILES string of the molecule is CC(O)CN1CCC(CN(C)Cc2nnc(C3CC3)o2)CC1. The normalized spacial score (nSPS) is 22.4. The minimum Gasteiger partial charge on any atom is -0.424 e. The summed E-state index contributed by atoms with van der Waals surface area (Å²) in [6, 6.07) is 0. The van der Waals surface area contributed by atoms with E-state index < -0.39 is 0 Å². The predicted octanol–water partition coefficient (Wildman–Crippen LogP) is 1.47. The molecule has 1 aliphatic carbocycles. The maximum absolute atomic E-state index is 9.45. The van der Waals surface area contributed by atoms with Crippen molar-refractivity contribution in [3.05, 3.63) is 11.8 Å². The fourth-order valence-corrected chi connectivity index (χ4v) is 3.29. The summed E-state index contributed by atoms with van der Waals surface area (Å²) in [5, 5.41) is 17.8. The van der Waals surface area contributed by atoms with Gasteiger partial charge in [0.1, 0.15) is 0 Å². The summed E-state index contributed by atoms with van der Waals surface area (Å²) >= 11 is 0. The number of piperidine rings is 1. The van der Waals surface area contributed by atoms with Gasteiger partial charge in [0.15, 0.2) is 0 Å². The summed E-state index contributed by atoms with van der Waals surface area (Å²) < 4.78 is 5.73. The summed E-state index contributed by atoms with van der Waals surface area (Å²) in [6.07, 6.45) is 4.57. The molecular weight excluding hydrogens is 280 g/mol. The van der Waals surface area contributed by atoms with Crippen molar-refractivity contribution in [2.45, 2.75) is 51.2 Å². The molecule has 2 heterocycles. The molecule has 0 bridgehead atoms. The van der Waals surface area contributed by atoms with E-state index in [9.17, 15) is 5.11 Å². The van der Waals surface area contributed by atoms with Crippen LogP contribution in [0.15, 0.2) is 4.42 Å². The van der Waals surface area contributed by atoms with Crippen molar-refractivity contribution < 1.29 is 9.52 Å². The van der Waals surface area contributed by atoms with Gasteiger partial charge >= 0.3 is 0 Å². The van der Waals surface area contributed by atoms with Crippen LogP contribution in [0.5, 0.6) is 0 Å². The van der Waals surface area contributed by atoms with Gasteiger partial charge in [-0.2, -0.15) is 0 Å². The van der Waals surface area contributed by atoms with Crippen LogP contribution in [0.1, 0.15) is 50.3 Å². The zero-order chi connectivity index (χ0) is 15.5. The number of likely N-dealkylation sites (tertiary alicyclic amines) is 1. The van der Waals surface area contributed by atoms with Gasteiger partial charge < -0.3 is 14.4 Å². The third-order valence-corrected chi connectivity index (χ3v) is 4.61. The Labute approximate surface area is 132 Å². The highest BCUT2D eigenvalue weighted by atomic mass is 16.4. The largest absolute Gasteiger partial charge is 0.424 e. The maximum Gasteiger partial charge on any atom is 0.230 e. The summed E-state index contributed by atoms with van der Waals surface area (Å²) in [4.78, 5) is 4.65. The van der Waals surface area contributed by atoms with Crippen LogP contribution in [0.3, 0.4) is 0 Å². The van der Waals surface area contributed by atoms with Crippen molar-refractivity contribution in [2.24, 2.45) is 5.92 Å². The van der Waals surface area contributed by atoms with Crippen LogP contribution in [0.2, 0.25) is 0 Å². The van der Waals surface area contributed by atoms with Crippen LogP contribution in [0.25, 0.3) is 0 Å². The molecule has 1 unspecified atom stereocenters. The lowest BCUT2D eigenvalue weighted by molar-refractivity contribution is 0.0910. The Bertz CT molecular complexity index is 464. The molecule has 22 heavy (non-hydrogen) atoms. The van der Waals surface area contributed by atoms with Gasteiger partial charge in [-0.1, -0.05) is 0 Å². The summed E-state index contributed by atoms with van der Waals surface area (Å²) in [5.74, 6) is 2.83. The first kappa shape index (κ1) is 15.9. The molecule has 1 aliphatic heterocycles. The number of hydrogen-bond acceptors (Lipinski definition) is 6. The minimum absolute atomic E-state index is 0.225. The highest BCUT2D eigenvalue weighted by molar-refractivity contribution is 5.00. The highest BCUT2D eigenvalue weighted by Gasteiger charge is 2.29. The Balaban J connectivity index is 1.39. The third-order valence-electron chi connectivity index (χ3n) is 4.61. The number of β-amino-alcohol motifs (C(OH)–C–C–N with tert-alkyl or cyclic N) is 1. The Morgan fingerprint density at radius 1 is 1.27 bits per heavy atom. The molecule has 0 amide bonds. The lowest BCUT2D eigenvalue weighted by Crippen LogP contribution is -2.40. The van der Waals surface area contributed by atoms with Crippen LogP contribution >= 0.6 is 0 Å². The van der Waals surface area contributed by atoms with Crippen LogP contribution in [-0.4, -0.2) is 64.4 Å². The smallest absolute Gasteiger partial charge is 0.230 e. The van der Waals surface area contributed by atoms with Crippen molar-refractivity contribution in [3.63, 3.8) is 0 Å². The van der Waals surface area contributed by atoms with E-state index in [-0.39, 0.29) is 6.10 Å². The van der Waals surface area contributed by atoms with Crippen molar-refractivity contribution >= 4 is 0 Å². The lowest BCUT2D eigenvalue weighted by Gasteiger charge is -2.34. The molecule has 6 nitrogen and oxygen atoms in total. The molecule has 1 aromatic rings. The van der Waals surface area contributed by atoms with Crippen molar-refractivity contribution in [1.82, 2.24) is 20.0 Å². The van der Waals surface area contributed by atoms with Crippen LogP contribution in [0, 0.1) is 5.92 Å². The van der Waals surface area contributed by atoms with E-state index in [1.165, 1.54) is 25.7 Å². The van der Waals surface area contributed by atoms with Gasteiger partial charge in [-0.3, -0.25) is 4.90 Å². The molecular formula is C16H28N4O2. The Morgan fingerprint density at radius 3 is 2.64 bits per heavy atom. The van der Waals surface area contributed by atoms with Gasteiger partial charge in [0, 0.05) is 19.0 Å². The standard InChI is InChI=1S/C16H28N4O2/c1-12(21)9-20-7-5-13(6-8-20)10-19(2)11-15-17-18-16(22-15)14-3-4-14/h12-14,21H,3-11H2,1-2H3. The fraction of sp³-hybridized carbons (Fsp3) is 0.875. The van der Waals surface area contributed by atoms with E-state index in [1.54, 1.807) is 0 Å². The van der Waals surface area contributed by atoms with Gasteiger partial charge in [0.05, 0.1) is 12.6 Å². The van der Waals surface area contributed by atoms with Gasteiger partial charge in [0.25, 0.3) is 0 Å². The topological polar surface area (TPSA) is 65.6 Å². The maximum atomic E-state index is 9.45. The van der Waals surface area contributed by atoms with Crippen LogP contribution < -0.4 is 0 Å². The molecule has 6 heteroatoms. The third kappa shape index (κ3) is 4.51.